The number of phenols is 1. The highest BCUT2D eigenvalue weighted by atomic mass is 32.2. The van der Waals surface area contributed by atoms with Gasteiger partial charge in [0.1, 0.15) is 17.1 Å². The van der Waals surface area contributed by atoms with E-state index in [4.69, 9.17) is 0 Å². The smallest absolute Gasteiger partial charge is 0.229 e. The van der Waals surface area contributed by atoms with Crippen molar-refractivity contribution in [2.24, 2.45) is 0 Å². The first kappa shape index (κ1) is 17.8. The number of benzene rings is 2. The second-order valence-electron chi connectivity index (χ2n) is 6.27. The van der Waals surface area contributed by atoms with E-state index < -0.39 is 10.0 Å². The third-order valence-electron chi connectivity index (χ3n) is 3.97. The van der Waals surface area contributed by atoms with Crippen molar-refractivity contribution >= 4 is 38.2 Å². The Morgan fingerprint density at radius 2 is 1.79 bits per heavy atom. The summed E-state index contributed by atoms with van der Waals surface area (Å²) < 4.78 is 25.3. The number of anilines is 3. The van der Waals surface area contributed by atoms with E-state index in [1.54, 1.807) is 48.7 Å². The molecular weight excluding hydrogens is 378 g/mol. The van der Waals surface area contributed by atoms with Crippen LogP contribution in [0.25, 0.3) is 22.4 Å². The number of sulfonamides is 1. The molecule has 0 spiro atoms. The number of hydrogen-bond acceptors (Lipinski definition) is 6. The van der Waals surface area contributed by atoms with E-state index in [1.165, 1.54) is 0 Å². The second-order valence-corrected chi connectivity index (χ2v) is 8.02. The van der Waals surface area contributed by atoms with Crippen LogP contribution in [0.3, 0.4) is 0 Å². The summed E-state index contributed by atoms with van der Waals surface area (Å²) >= 11 is 0. The van der Waals surface area contributed by atoms with Gasteiger partial charge in [0.15, 0.2) is 5.82 Å². The van der Waals surface area contributed by atoms with Crippen molar-refractivity contribution in [3.05, 3.63) is 60.8 Å². The Bertz CT molecular complexity index is 1250. The number of aromatic hydroxyl groups is 1. The standard InChI is InChI=1S/C19H17N5O3S/c1-28(26,27)24-14-4-2-3-13(11-14)21-19-17-16(9-10-20-19)22-18(23-17)12-5-7-15(25)8-6-12/h2-11,24-25H,1H3,(H,20,21)(H,22,23). The molecule has 0 aliphatic heterocycles. The topological polar surface area (TPSA) is 120 Å². The van der Waals surface area contributed by atoms with Gasteiger partial charge < -0.3 is 15.4 Å². The predicted molar refractivity (Wildman–Crippen MR) is 109 cm³/mol. The number of imidazole rings is 1. The van der Waals surface area contributed by atoms with Crippen LogP contribution in [0.2, 0.25) is 0 Å². The van der Waals surface area contributed by atoms with Crippen LogP contribution in [-0.2, 0) is 10.0 Å². The van der Waals surface area contributed by atoms with Crippen LogP contribution in [-0.4, -0.2) is 34.7 Å². The molecule has 0 saturated heterocycles. The second kappa shape index (κ2) is 6.86. The van der Waals surface area contributed by atoms with Gasteiger partial charge in [0, 0.05) is 17.4 Å². The van der Waals surface area contributed by atoms with E-state index in [9.17, 15) is 13.5 Å². The molecule has 0 radical (unpaired) electrons. The third kappa shape index (κ3) is 3.89. The quantitative estimate of drug-likeness (QED) is 0.411. The summed E-state index contributed by atoms with van der Waals surface area (Å²) in [6.07, 6.45) is 2.76. The highest BCUT2D eigenvalue weighted by Crippen LogP contribution is 2.28. The molecule has 4 N–H and O–H groups in total. The summed E-state index contributed by atoms with van der Waals surface area (Å²) in [5.41, 5.74) is 3.40. The molecule has 0 atom stereocenters. The molecule has 0 saturated carbocycles. The molecule has 142 valence electrons. The number of H-pyrrole nitrogens is 1. The van der Waals surface area contributed by atoms with Crippen molar-refractivity contribution in [3.63, 3.8) is 0 Å². The molecule has 8 nitrogen and oxygen atoms in total. The van der Waals surface area contributed by atoms with Crippen molar-refractivity contribution in [3.8, 4) is 17.1 Å². The molecule has 2 aromatic heterocycles. The Labute approximate surface area is 161 Å². The van der Waals surface area contributed by atoms with Gasteiger partial charge in [-0.1, -0.05) is 6.07 Å². The summed E-state index contributed by atoms with van der Waals surface area (Å²) in [4.78, 5) is 12.2. The minimum absolute atomic E-state index is 0.187. The molecule has 4 aromatic rings. The average molecular weight is 395 g/mol. The molecule has 0 aliphatic rings. The van der Waals surface area contributed by atoms with Gasteiger partial charge in [-0.05, 0) is 48.5 Å². The molecule has 0 unspecified atom stereocenters. The van der Waals surface area contributed by atoms with Gasteiger partial charge in [-0.2, -0.15) is 0 Å². The average Bonchev–Trinajstić information content (AvgIpc) is 3.06. The Balaban J connectivity index is 1.68. The lowest BCUT2D eigenvalue weighted by atomic mass is 10.2. The Morgan fingerprint density at radius 1 is 1.04 bits per heavy atom. The SMILES string of the molecule is CS(=O)(=O)Nc1cccc(Nc2nccc3[nH]c(-c4ccc(O)cc4)nc23)c1. The number of aromatic nitrogens is 3. The zero-order valence-electron chi connectivity index (χ0n) is 14.8. The van der Waals surface area contributed by atoms with E-state index in [1.807, 2.05) is 12.1 Å². The Hall–Kier alpha value is -3.59. The number of hydrogen-bond donors (Lipinski definition) is 4. The van der Waals surface area contributed by atoms with Crippen LogP contribution in [0.4, 0.5) is 17.2 Å². The number of aromatic amines is 1. The maximum atomic E-state index is 11.4. The monoisotopic (exact) mass is 395 g/mol. The van der Waals surface area contributed by atoms with Gasteiger partial charge in [0.2, 0.25) is 10.0 Å². The molecule has 0 bridgehead atoms. The van der Waals surface area contributed by atoms with Crippen LogP contribution < -0.4 is 10.0 Å². The molecule has 0 aliphatic carbocycles. The normalized spacial score (nSPS) is 11.5. The van der Waals surface area contributed by atoms with Crippen molar-refractivity contribution in [1.82, 2.24) is 15.0 Å². The van der Waals surface area contributed by atoms with Crippen LogP contribution >= 0.6 is 0 Å². The molecule has 28 heavy (non-hydrogen) atoms. The zero-order valence-corrected chi connectivity index (χ0v) is 15.7. The number of nitrogens with one attached hydrogen (secondary N) is 3. The van der Waals surface area contributed by atoms with E-state index in [0.29, 0.717) is 28.5 Å². The third-order valence-corrected chi connectivity index (χ3v) is 4.58. The fourth-order valence-corrected chi connectivity index (χ4v) is 3.35. The Kier molecular flexibility index (Phi) is 4.36. The fourth-order valence-electron chi connectivity index (χ4n) is 2.79. The van der Waals surface area contributed by atoms with Crippen molar-refractivity contribution in [1.29, 1.82) is 0 Å². The van der Waals surface area contributed by atoms with E-state index >= 15 is 0 Å². The number of phenolic OH excluding ortho intramolecular Hbond substituents is 1. The van der Waals surface area contributed by atoms with Gasteiger partial charge in [0.25, 0.3) is 0 Å². The van der Waals surface area contributed by atoms with Gasteiger partial charge in [-0.25, -0.2) is 18.4 Å². The predicted octanol–water partition coefficient (Wildman–Crippen LogP) is 3.45. The summed E-state index contributed by atoms with van der Waals surface area (Å²) in [6.45, 7) is 0. The van der Waals surface area contributed by atoms with Crippen LogP contribution in [0, 0.1) is 0 Å². The van der Waals surface area contributed by atoms with E-state index in [-0.39, 0.29) is 5.75 Å². The lowest BCUT2D eigenvalue weighted by molar-refractivity contribution is 0.475. The number of fused-ring (bicyclic) bond motifs is 1. The molecule has 9 heteroatoms. The Morgan fingerprint density at radius 3 is 2.54 bits per heavy atom. The lowest BCUT2D eigenvalue weighted by Crippen LogP contribution is -2.09. The summed E-state index contributed by atoms with van der Waals surface area (Å²) in [6, 6.07) is 15.4. The number of pyridine rings is 1. The molecule has 0 amide bonds. The molecule has 2 heterocycles. The summed E-state index contributed by atoms with van der Waals surface area (Å²) in [7, 11) is -3.36. The molecule has 0 fully saturated rings. The van der Waals surface area contributed by atoms with E-state index in [0.717, 1.165) is 17.3 Å². The summed E-state index contributed by atoms with van der Waals surface area (Å²) in [5, 5.41) is 12.6. The largest absolute Gasteiger partial charge is 0.508 e. The number of rotatable bonds is 5. The van der Waals surface area contributed by atoms with Crippen LogP contribution in [0.5, 0.6) is 5.75 Å². The molecule has 4 rings (SSSR count). The van der Waals surface area contributed by atoms with Gasteiger partial charge in [0.05, 0.1) is 17.5 Å². The lowest BCUT2D eigenvalue weighted by Gasteiger charge is -2.09. The van der Waals surface area contributed by atoms with Crippen LogP contribution in [0.1, 0.15) is 0 Å². The highest BCUT2D eigenvalue weighted by molar-refractivity contribution is 7.92. The van der Waals surface area contributed by atoms with Gasteiger partial charge in [-0.3, -0.25) is 4.72 Å². The maximum Gasteiger partial charge on any atom is 0.229 e. The number of nitrogens with zero attached hydrogens (tertiary/aromatic N) is 2. The highest BCUT2D eigenvalue weighted by Gasteiger charge is 2.11. The minimum atomic E-state index is -3.36. The molecule has 2 aromatic carbocycles. The zero-order chi connectivity index (χ0) is 19.7. The van der Waals surface area contributed by atoms with Gasteiger partial charge >= 0.3 is 0 Å². The fraction of sp³-hybridized carbons (Fsp3) is 0.0526. The maximum absolute atomic E-state index is 11.4. The van der Waals surface area contributed by atoms with E-state index in [2.05, 4.69) is 25.0 Å². The van der Waals surface area contributed by atoms with Crippen LogP contribution in [0.15, 0.2) is 60.8 Å². The van der Waals surface area contributed by atoms with Crippen molar-refractivity contribution in [2.45, 2.75) is 0 Å². The van der Waals surface area contributed by atoms with Crippen molar-refractivity contribution in [2.75, 3.05) is 16.3 Å². The van der Waals surface area contributed by atoms with Crippen molar-refractivity contribution < 1.29 is 13.5 Å². The van der Waals surface area contributed by atoms with Gasteiger partial charge in [-0.15, -0.1) is 0 Å². The first-order valence-electron chi connectivity index (χ1n) is 8.36. The first-order chi connectivity index (χ1) is 13.4. The molecular formula is C19H17N5O3S. The minimum Gasteiger partial charge on any atom is -0.508 e. The first-order valence-corrected chi connectivity index (χ1v) is 10.3. The summed E-state index contributed by atoms with van der Waals surface area (Å²) in [5.74, 6) is 1.38.